The van der Waals surface area contributed by atoms with Crippen molar-refractivity contribution in [2.45, 2.75) is 25.7 Å². The third-order valence-corrected chi connectivity index (χ3v) is 9.52. The molecule has 0 saturated heterocycles. The summed E-state index contributed by atoms with van der Waals surface area (Å²) >= 11 is 0. The average molecular weight is 539 g/mol. The largest absolute Gasteiger partial charge is 0.309 e. The maximum absolute atomic E-state index is 2.44. The summed E-state index contributed by atoms with van der Waals surface area (Å²) in [6.45, 7) is 4.77. The third-order valence-electron chi connectivity index (χ3n) is 9.52. The van der Waals surface area contributed by atoms with Gasteiger partial charge in [-0.1, -0.05) is 98.8 Å². The first-order valence-corrected chi connectivity index (χ1v) is 14.9. The Balaban J connectivity index is 1.23. The van der Waals surface area contributed by atoms with E-state index in [4.69, 9.17) is 0 Å². The van der Waals surface area contributed by atoms with E-state index in [0.29, 0.717) is 0 Å². The van der Waals surface area contributed by atoms with Gasteiger partial charge in [-0.3, -0.25) is 0 Å². The van der Waals surface area contributed by atoms with Crippen LogP contribution in [0, 0.1) is 0 Å². The van der Waals surface area contributed by atoms with Crippen LogP contribution >= 0.6 is 0 Å². The zero-order chi connectivity index (χ0) is 28.0. The highest BCUT2D eigenvalue weighted by Gasteiger charge is 2.36. The Hall–Kier alpha value is -5.08. The molecule has 5 aromatic carbocycles. The fourth-order valence-corrected chi connectivity index (χ4v) is 7.54. The minimum atomic E-state index is -0.134. The molecule has 0 bridgehead atoms. The lowest BCUT2D eigenvalue weighted by Crippen LogP contribution is -2.16. The van der Waals surface area contributed by atoms with Crippen LogP contribution in [0.1, 0.15) is 42.7 Å². The Labute approximate surface area is 245 Å². The van der Waals surface area contributed by atoms with E-state index in [0.717, 1.165) is 6.42 Å². The van der Waals surface area contributed by atoms with Gasteiger partial charge in [-0.05, 0) is 77.2 Å². The number of fused-ring (bicyclic) bond motifs is 9. The number of allylic oxidation sites excluding steroid dienone is 2. The molecule has 0 unspecified atom stereocenters. The molecule has 7 aromatic rings. The molecule has 2 aromatic heterocycles. The molecule has 200 valence electrons. The molecule has 0 aliphatic heterocycles. The molecule has 0 N–H and O–H groups in total. The number of nitrogens with zero attached hydrogens (tertiary/aromatic N) is 2. The molecule has 42 heavy (non-hydrogen) atoms. The second-order valence-electron chi connectivity index (χ2n) is 12.1. The number of hydrogen-bond acceptors (Lipinski definition) is 0. The van der Waals surface area contributed by atoms with Crippen LogP contribution in [0.4, 0.5) is 0 Å². The fourth-order valence-electron chi connectivity index (χ4n) is 7.54. The minimum Gasteiger partial charge on any atom is -0.309 e. The summed E-state index contributed by atoms with van der Waals surface area (Å²) in [6, 6.07) is 40.4. The highest BCUT2D eigenvalue weighted by Crippen LogP contribution is 2.50. The normalized spacial score (nSPS) is 14.8. The third kappa shape index (κ3) is 3.10. The van der Waals surface area contributed by atoms with Gasteiger partial charge in [0.15, 0.2) is 0 Å². The number of aromatic nitrogens is 2. The molecule has 0 fully saturated rings. The number of benzene rings is 5. The molecule has 0 atom stereocenters. The fraction of sp³-hybridized carbons (Fsp3) is 0.100. The van der Waals surface area contributed by atoms with Crippen LogP contribution in [0.25, 0.3) is 67.4 Å². The van der Waals surface area contributed by atoms with Crippen molar-refractivity contribution < 1.29 is 0 Å². The molecule has 2 aliphatic carbocycles. The van der Waals surface area contributed by atoms with Crippen molar-refractivity contribution in [1.29, 1.82) is 0 Å². The Kier molecular flexibility index (Phi) is 4.76. The van der Waals surface area contributed by atoms with Crippen molar-refractivity contribution in [3.8, 4) is 22.5 Å². The number of hydrogen-bond donors (Lipinski definition) is 0. The molecule has 2 heteroatoms. The molecule has 2 aliphatic rings. The van der Waals surface area contributed by atoms with Gasteiger partial charge in [0, 0.05) is 38.5 Å². The molecular formula is C40H30N2. The van der Waals surface area contributed by atoms with Crippen LogP contribution in [0.3, 0.4) is 0 Å². The van der Waals surface area contributed by atoms with Gasteiger partial charge in [-0.2, -0.15) is 0 Å². The maximum atomic E-state index is 2.44. The smallest absolute Gasteiger partial charge is 0.0541 e. The van der Waals surface area contributed by atoms with Gasteiger partial charge in [0.1, 0.15) is 0 Å². The van der Waals surface area contributed by atoms with Gasteiger partial charge in [-0.15, -0.1) is 0 Å². The van der Waals surface area contributed by atoms with Crippen molar-refractivity contribution in [3.05, 3.63) is 144 Å². The zero-order valence-electron chi connectivity index (χ0n) is 23.8. The van der Waals surface area contributed by atoms with Crippen LogP contribution in [-0.2, 0) is 5.41 Å². The number of rotatable bonds is 2. The van der Waals surface area contributed by atoms with E-state index in [1.807, 2.05) is 0 Å². The molecule has 0 saturated carbocycles. The van der Waals surface area contributed by atoms with E-state index in [9.17, 15) is 0 Å². The van der Waals surface area contributed by atoms with Gasteiger partial charge >= 0.3 is 0 Å². The van der Waals surface area contributed by atoms with Crippen LogP contribution in [0.5, 0.6) is 0 Å². The van der Waals surface area contributed by atoms with E-state index < -0.39 is 0 Å². The number of para-hydroxylation sites is 3. The van der Waals surface area contributed by atoms with Crippen molar-refractivity contribution >= 4 is 44.9 Å². The van der Waals surface area contributed by atoms with Crippen LogP contribution in [0.15, 0.2) is 121 Å². The zero-order valence-corrected chi connectivity index (χ0v) is 23.8. The van der Waals surface area contributed by atoms with Crippen molar-refractivity contribution in [2.24, 2.45) is 0 Å². The van der Waals surface area contributed by atoms with E-state index in [2.05, 4.69) is 156 Å². The lowest BCUT2D eigenvalue weighted by atomic mass is 9.82. The molecule has 0 spiro atoms. The van der Waals surface area contributed by atoms with Gasteiger partial charge < -0.3 is 9.13 Å². The topological polar surface area (TPSA) is 9.86 Å². The second-order valence-corrected chi connectivity index (χ2v) is 12.1. The van der Waals surface area contributed by atoms with Gasteiger partial charge in [-0.25, -0.2) is 0 Å². The first-order chi connectivity index (χ1) is 20.6. The Morgan fingerprint density at radius 3 is 1.64 bits per heavy atom. The minimum absolute atomic E-state index is 0.134. The first kappa shape index (κ1) is 23.6. The van der Waals surface area contributed by atoms with E-state index in [-0.39, 0.29) is 5.41 Å². The molecule has 0 amide bonds. The van der Waals surface area contributed by atoms with Crippen molar-refractivity contribution in [2.75, 3.05) is 0 Å². The molecule has 2 heterocycles. The average Bonchev–Trinajstić information content (AvgIpc) is 3.51. The molecule has 0 radical (unpaired) electrons. The van der Waals surface area contributed by atoms with Gasteiger partial charge in [0.25, 0.3) is 0 Å². The maximum Gasteiger partial charge on any atom is 0.0541 e. The monoisotopic (exact) mass is 538 g/mol. The standard InChI is InChI=1S/C40H30N2/c1-40(2)34-24-26(41-36-16-5-3-4-12-30(36)31-13-6-9-17-37(31)41)20-22-28(34)29-23-21-27(25-35(29)40)42-38-18-10-7-14-32(38)33-15-8-11-19-39(33)42/h4-25H,3H2,1-2H3. The molecule has 9 rings (SSSR count). The molecular weight excluding hydrogens is 508 g/mol. The summed E-state index contributed by atoms with van der Waals surface area (Å²) in [5, 5.41) is 3.89. The van der Waals surface area contributed by atoms with Gasteiger partial charge in [0.2, 0.25) is 0 Å². The van der Waals surface area contributed by atoms with E-state index in [1.54, 1.807) is 0 Å². The van der Waals surface area contributed by atoms with E-state index >= 15 is 0 Å². The predicted molar refractivity (Wildman–Crippen MR) is 178 cm³/mol. The Bertz CT molecular complexity index is 2250. The van der Waals surface area contributed by atoms with Crippen LogP contribution in [0.2, 0.25) is 0 Å². The second kappa shape index (κ2) is 8.47. The summed E-state index contributed by atoms with van der Waals surface area (Å²) in [7, 11) is 0. The quantitative estimate of drug-likeness (QED) is 0.207. The Morgan fingerprint density at radius 1 is 0.524 bits per heavy atom. The lowest BCUT2D eigenvalue weighted by molar-refractivity contribution is 0.659. The highest BCUT2D eigenvalue weighted by atomic mass is 15.0. The van der Waals surface area contributed by atoms with E-state index in [1.165, 1.54) is 77.6 Å². The highest BCUT2D eigenvalue weighted by molar-refractivity contribution is 6.09. The summed E-state index contributed by atoms with van der Waals surface area (Å²) in [5.41, 5.74) is 14.0. The van der Waals surface area contributed by atoms with Crippen molar-refractivity contribution in [3.63, 3.8) is 0 Å². The summed E-state index contributed by atoms with van der Waals surface area (Å²) in [4.78, 5) is 0. The van der Waals surface area contributed by atoms with Crippen molar-refractivity contribution in [1.82, 2.24) is 9.13 Å². The van der Waals surface area contributed by atoms with Crippen LogP contribution in [-0.4, -0.2) is 9.13 Å². The predicted octanol–water partition coefficient (Wildman–Crippen LogP) is 10.5. The van der Waals surface area contributed by atoms with Crippen LogP contribution < -0.4 is 0 Å². The molecule has 2 nitrogen and oxygen atoms in total. The summed E-state index contributed by atoms with van der Waals surface area (Å²) < 4.78 is 4.87. The first-order valence-electron chi connectivity index (χ1n) is 14.9. The Morgan fingerprint density at radius 2 is 1.02 bits per heavy atom. The summed E-state index contributed by atoms with van der Waals surface area (Å²) in [5.74, 6) is 0. The summed E-state index contributed by atoms with van der Waals surface area (Å²) in [6.07, 6.45) is 10.1. The van der Waals surface area contributed by atoms with Gasteiger partial charge in [0.05, 0.1) is 22.2 Å². The SMILES string of the molecule is CC1(C)c2cc(-n3c4c(c5ccccc53)C=CCC=C4)ccc2-c2ccc(-n3c4ccccc4c4ccccc43)cc21. The lowest BCUT2D eigenvalue weighted by Gasteiger charge is -2.23.